The molecule has 0 aliphatic heterocycles. The molecule has 31 heavy (non-hydrogen) atoms. The Balaban J connectivity index is 1.73. The highest BCUT2D eigenvalue weighted by Gasteiger charge is 2.19. The smallest absolute Gasteiger partial charge is 0.111 e. The van der Waals surface area contributed by atoms with E-state index in [0.717, 1.165) is 44.8 Å². The Morgan fingerprint density at radius 2 is 1.16 bits per heavy atom. The predicted octanol–water partition coefficient (Wildman–Crippen LogP) is 7.39. The molecule has 0 aliphatic rings. The zero-order chi connectivity index (χ0) is 21.1. The Hall–Kier alpha value is -3.56. The van der Waals surface area contributed by atoms with Crippen LogP contribution in [0.15, 0.2) is 84.9 Å². The van der Waals surface area contributed by atoms with Gasteiger partial charge in [0, 0.05) is 10.8 Å². The minimum atomic E-state index is 0.711. The second kappa shape index (κ2) is 6.73. The number of fused-ring (bicyclic) bond motifs is 4. The average Bonchev–Trinajstić information content (AvgIpc) is 3.29. The molecule has 0 saturated carbocycles. The maximum Gasteiger partial charge on any atom is 0.111 e. The highest BCUT2D eigenvalue weighted by molar-refractivity contribution is 6.34. The number of nitrogens with zero attached hydrogens (tertiary/aromatic N) is 3. The molecule has 0 spiro atoms. The number of hydrogen-bond donors (Lipinski definition) is 0. The molecule has 150 valence electrons. The molecule has 0 aliphatic carbocycles. The number of benzene rings is 4. The first kappa shape index (κ1) is 18.2. The first-order chi connectivity index (χ1) is 15.1. The van der Waals surface area contributed by atoms with Crippen LogP contribution in [0.1, 0.15) is 11.4 Å². The minimum absolute atomic E-state index is 0.711. The SMILES string of the molecule is Cc1cc(-n2c(C)nc3ccccc32)c(Cl)c(-n2c3ccccc3c3ccccc32)c1. The van der Waals surface area contributed by atoms with Crippen molar-refractivity contribution in [2.24, 2.45) is 0 Å². The topological polar surface area (TPSA) is 22.8 Å². The Bertz CT molecular complexity index is 1570. The van der Waals surface area contributed by atoms with Crippen molar-refractivity contribution >= 4 is 44.4 Å². The van der Waals surface area contributed by atoms with Crippen molar-refractivity contribution in [2.45, 2.75) is 13.8 Å². The molecule has 0 atom stereocenters. The van der Waals surface area contributed by atoms with Gasteiger partial charge in [0.1, 0.15) is 5.82 Å². The van der Waals surface area contributed by atoms with E-state index in [0.29, 0.717) is 5.02 Å². The van der Waals surface area contributed by atoms with Crippen molar-refractivity contribution in [1.29, 1.82) is 0 Å². The third kappa shape index (κ3) is 2.63. The van der Waals surface area contributed by atoms with Gasteiger partial charge in [0.05, 0.1) is 38.5 Å². The van der Waals surface area contributed by atoms with Gasteiger partial charge >= 0.3 is 0 Å². The summed E-state index contributed by atoms with van der Waals surface area (Å²) in [7, 11) is 0. The van der Waals surface area contributed by atoms with Gasteiger partial charge in [-0.3, -0.25) is 4.57 Å². The summed E-state index contributed by atoms with van der Waals surface area (Å²) in [6, 6.07) is 29.5. The molecule has 4 aromatic carbocycles. The normalized spacial score (nSPS) is 11.7. The molecule has 0 bridgehead atoms. The largest absolute Gasteiger partial charge is 0.308 e. The molecule has 6 aromatic rings. The number of para-hydroxylation sites is 4. The van der Waals surface area contributed by atoms with Crippen LogP contribution in [0.2, 0.25) is 5.02 Å². The van der Waals surface area contributed by atoms with Crippen molar-refractivity contribution < 1.29 is 0 Å². The molecule has 0 unspecified atom stereocenters. The number of imidazole rings is 1. The van der Waals surface area contributed by atoms with Crippen LogP contribution in [-0.4, -0.2) is 14.1 Å². The van der Waals surface area contributed by atoms with Gasteiger partial charge in [-0.15, -0.1) is 0 Å². The van der Waals surface area contributed by atoms with E-state index >= 15 is 0 Å². The molecule has 2 heterocycles. The molecule has 0 N–H and O–H groups in total. The molecule has 0 fully saturated rings. The van der Waals surface area contributed by atoms with Crippen molar-refractivity contribution in [3.05, 3.63) is 101 Å². The number of aromatic nitrogens is 3. The Labute approximate surface area is 185 Å². The van der Waals surface area contributed by atoms with Gasteiger partial charge in [-0.1, -0.05) is 60.1 Å². The third-order valence-corrected chi connectivity index (χ3v) is 6.36. The lowest BCUT2D eigenvalue weighted by Gasteiger charge is -2.17. The van der Waals surface area contributed by atoms with Gasteiger partial charge in [0.15, 0.2) is 0 Å². The standard InChI is InChI=1S/C27H20ClN3/c1-17-15-25(30-18(2)29-21-11-5-8-14-24(21)30)27(28)26(16-17)31-22-12-6-3-9-19(22)20-10-4-7-13-23(20)31/h3-16H,1-2H3. The zero-order valence-corrected chi connectivity index (χ0v) is 18.1. The van der Waals surface area contributed by atoms with Crippen molar-refractivity contribution in [3.8, 4) is 11.4 Å². The number of halogens is 1. The summed E-state index contributed by atoms with van der Waals surface area (Å²) in [5, 5.41) is 3.16. The van der Waals surface area contributed by atoms with E-state index in [2.05, 4.69) is 82.8 Å². The zero-order valence-electron chi connectivity index (χ0n) is 17.3. The highest BCUT2D eigenvalue weighted by atomic mass is 35.5. The lowest BCUT2D eigenvalue weighted by Crippen LogP contribution is -2.03. The Morgan fingerprint density at radius 1 is 0.645 bits per heavy atom. The lowest BCUT2D eigenvalue weighted by atomic mass is 10.1. The van der Waals surface area contributed by atoms with Gasteiger partial charge in [-0.25, -0.2) is 4.98 Å². The fraction of sp³-hybridized carbons (Fsp3) is 0.0741. The fourth-order valence-corrected chi connectivity index (χ4v) is 4.97. The Morgan fingerprint density at radius 3 is 1.81 bits per heavy atom. The quantitative estimate of drug-likeness (QED) is 0.285. The van der Waals surface area contributed by atoms with E-state index < -0.39 is 0 Å². The van der Waals surface area contributed by atoms with Gasteiger partial charge in [-0.2, -0.15) is 0 Å². The molecular formula is C27H20ClN3. The number of rotatable bonds is 2. The van der Waals surface area contributed by atoms with Crippen molar-refractivity contribution in [3.63, 3.8) is 0 Å². The predicted molar refractivity (Wildman–Crippen MR) is 130 cm³/mol. The minimum Gasteiger partial charge on any atom is -0.308 e. The summed E-state index contributed by atoms with van der Waals surface area (Å²) in [4.78, 5) is 4.75. The van der Waals surface area contributed by atoms with Crippen LogP contribution < -0.4 is 0 Å². The van der Waals surface area contributed by atoms with E-state index in [-0.39, 0.29) is 0 Å². The van der Waals surface area contributed by atoms with Crippen LogP contribution in [0, 0.1) is 13.8 Å². The van der Waals surface area contributed by atoms with E-state index in [9.17, 15) is 0 Å². The molecule has 0 radical (unpaired) electrons. The van der Waals surface area contributed by atoms with Crippen LogP contribution in [0.4, 0.5) is 0 Å². The van der Waals surface area contributed by atoms with E-state index in [1.165, 1.54) is 10.8 Å². The summed E-state index contributed by atoms with van der Waals surface area (Å²) in [5.41, 5.74) is 7.39. The average molecular weight is 422 g/mol. The molecule has 0 amide bonds. The summed E-state index contributed by atoms with van der Waals surface area (Å²) >= 11 is 7.17. The van der Waals surface area contributed by atoms with Gasteiger partial charge < -0.3 is 4.57 Å². The van der Waals surface area contributed by atoms with E-state index in [4.69, 9.17) is 16.6 Å². The van der Waals surface area contributed by atoms with Gasteiger partial charge in [0.25, 0.3) is 0 Å². The lowest BCUT2D eigenvalue weighted by molar-refractivity contribution is 0.994. The molecule has 6 rings (SSSR count). The van der Waals surface area contributed by atoms with E-state index in [1.807, 2.05) is 25.1 Å². The Kier molecular flexibility index (Phi) is 3.95. The fourth-order valence-electron chi connectivity index (χ4n) is 4.69. The first-order valence-electron chi connectivity index (χ1n) is 10.4. The maximum absolute atomic E-state index is 7.17. The van der Waals surface area contributed by atoms with Gasteiger partial charge in [-0.05, 0) is 55.8 Å². The van der Waals surface area contributed by atoms with Crippen LogP contribution >= 0.6 is 11.6 Å². The third-order valence-electron chi connectivity index (χ3n) is 5.97. The van der Waals surface area contributed by atoms with Crippen LogP contribution in [0.25, 0.3) is 44.2 Å². The molecule has 3 nitrogen and oxygen atoms in total. The summed E-state index contributed by atoms with van der Waals surface area (Å²) in [6.07, 6.45) is 0. The number of aryl methyl sites for hydroxylation is 2. The molecule has 0 saturated heterocycles. The summed E-state index contributed by atoms with van der Waals surface area (Å²) in [6.45, 7) is 4.14. The monoisotopic (exact) mass is 421 g/mol. The molecule has 4 heteroatoms. The number of hydrogen-bond acceptors (Lipinski definition) is 1. The second-order valence-electron chi connectivity index (χ2n) is 7.97. The maximum atomic E-state index is 7.17. The van der Waals surface area contributed by atoms with Gasteiger partial charge in [0.2, 0.25) is 0 Å². The molecule has 2 aromatic heterocycles. The first-order valence-corrected chi connectivity index (χ1v) is 10.7. The highest BCUT2D eigenvalue weighted by Crippen LogP contribution is 2.38. The molecular weight excluding hydrogens is 402 g/mol. The van der Waals surface area contributed by atoms with Crippen molar-refractivity contribution in [2.75, 3.05) is 0 Å². The van der Waals surface area contributed by atoms with Crippen LogP contribution in [0.5, 0.6) is 0 Å². The van der Waals surface area contributed by atoms with Crippen LogP contribution in [-0.2, 0) is 0 Å². The van der Waals surface area contributed by atoms with Crippen LogP contribution in [0.3, 0.4) is 0 Å². The summed E-state index contributed by atoms with van der Waals surface area (Å²) < 4.78 is 4.43. The van der Waals surface area contributed by atoms with Crippen molar-refractivity contribution in [1.82, 2.24) is 14.1 Å². The summed E-state index contributed by atoms with van der Waals surface area (Å²) in [5.74, 6) is 0.918. The van der Waals surface area contributed by atoms with E-state index in [1.54, 1.807) is 0 Å². The second-order valence-corrected chi connectivity index (χ2v) is 8.35.